The molecule has 88 valence electrons. The molecule has 15 heavy (non-hydrogen) atoms. The van der Waals surface area contributed by atoms with Crippen LogP contribution in [0.5, 0.6) is 0 Å². The van der Waals surface area contributed by atoms with Crippen molar-refractivity contribution >= 4 is 0 Å². The Morgan fingerprint density at radius 1 is 1.27 bits per heavy atom. The fourth-order valence-corrected chi connectivity index (χ4v) is 3.22. The first-order valence-electron chi connectivity index (χ1n) is 6.72. The highest BCUT2D eigenvalue weighted by Crippen LogP contribution is 2.25. The van der Waals surface area contributed by atoms with Crippen LogP contribution in [0.4, 0.5) is 0 Å². The molecule has 0 aromatic carbocycles. The highest BCUT2D eigenvalue weighted by atomic mass is 15.3. The summed E-state index contributed by atoms with van der Waals surface area (Å²) in [6.07, 6.45) is 5.59. The fourth-order valence-electron chi connectivity index (χ4n) is 3.22. The van der Waals surface area contributed by atoms with Crippen LogP contribution >= 0.6 is 0 Å². The van der Waals surface area contributed by atoms with Gasteiger partial charge in [0, 0.05) is 31.2 Å². The van der Waals surface area contributed by atoms with E-state index in [2.05, 4.69) is 30.6 Å². The normalized spacial score (nSPS) is 36.2. The van der Waals surface area contributed by atoms with Crippen molar-refractivity contribution < 1.29 is 0 Å². The Balaban J connectivity index is 1.98. The summed E-state index contributed by atoms with van der Waals surface area (Å²) in [5, 5.41) is 0. The van der Waals surface area contributed by atoms with Crippen LogP contribution in [0.3, 0.4) is 0 Å². The zero-order chi connectivity index (χ0) is 10.8. The van der Waals surface area contributed by atoms with Crippen LogP contribution in [-0.2, 0) is 0 Å². The van der Waals surface area contributed by atoms with Crippen LogP contribution in [0.15, 0.2) is 0 Å². The van der Waals surface area contributed by atoms with E-state index in [9.17, 15) is 0 Å². The Kier molecular flexibility index (Phi) is 3.68. The van der Waals surface area contributed by atoms with Crippen molar-refractivity contribution in [2.75, 3.05) is 19.6 Å². The van der Waals surface area contributed by atoms with E-state index in [0.29, 0.717) is 0 Å². The Labute approximate surface area is 94.6 Å². The second kappa shape index (κ2) is 4.84. The molecule has 3 atom stereocenters. The third kappa shape index (κ3) is 2.36. The fraction of sp³-hybridized carbons (Fsp3) is 1.00. The zero-order valence-corrected chi connectivity index (χ0v) is 10.6. The van der Waals surface area contributed by atoms with Crippen LogP contribution in [-0.4, -0.2) is 47.6 Å². The molecule has 2 heteroatoms. The largest absolute Gasteiger partial charge is 0.298 e. The average Bonchev–Trinajstić information content (AvgIpc) is 2.27. The molecule has 2 rings (SSSR count). The van der Waals surface area contributed by atoms with Gasteiger partial charge in [0.2, 0.25) is 0 Å². The highest BCUT2D eigenvalue weighted by Gasteiger charge is 2.34. The van der Waals surface area contributed by atoms with Gasteiger partial charge in [0.1, 0.15) is 0 Å². The van der Waals surface area contributed by atoms with E-state index in [1.165, 1.54) is 45.3 Å². The summed E-state index contributed by atoms with van der Waals surface area (Å²) in [7, 11) is 0. The van der Waals surface area contributed by atoms with Gasteiger partial charge in [-0.3, -0.25) is 9.80 Å². The first-order chi connectivity index (χ1) is 7.22. The van der Waals surface area contributed by atoms with Gasteiger partial charge in [0.15, 0.2) is 0 Å². The molecule has 0 radical (unpaired) electrons. The van der Waals surface area contributed by atoms with E-state index in [4.69, 9.17) is 0 Å². The van der Waals surface area contributed by atoms with Crippen molar-refractivity contribution in [3.8, 4) is 0 Å². The van der Waals surface area contributed by atoms with Crippen molar-refractivity contribution in [2.24, 2.45) is 0 Å². The molecule has 0 spiro atoms. The number of hydrogen-bond donors (Lipinski definition) is 0. The molecule has 0 aromatic heterocycles. The number of fused-ring (bicyclic) bond motifs is 1. The SMILES string of the molecule is CCC(C)N1CC2CCCCN2CC1C. The van der Waals surface area contributed by atoms with Gasteiger partial charge in [-0.15, -0.1) is 0 Å². The van der Waals surface area contributed by atoms with Crippen LogP contribution in [0, 0.1) is 0 Å². The van der Waals surface area contributed by atoms with E-state index in [0.717, 1.165) is 18.1 Å². The standard InChI is InChI=1S/C13H26N2/c1-4-11(2)15-10-13-7-5-6-8-14(13)9-12(15)3/h11-13H,4-10H2,1-3H3. The van der Waals surface area contributed by atoms with Crippen LogP contribution < -0.4 is 0 Å². The Morgan fingerprint density at radius 3 is 2.80 bits per heavy atom. The minimum Gasteiger partial charge on any atom is -0.298 e. The van der Waals surface area contributed by atoms with Crippen LogP contribution in [0.2, 0.25) is 0 Å². The summed E-state index contributed by atoms with van der Waals surface area (Å²) < 4.78 is 0. The van der Waals surface area contributed by atoms with E-state index >= 15 is 0 Å². The van der Waals surface area contributed by atoms with Gasteiger partial charge in [-0.2, -0.15) is 0 Å². The summed E-state index contributed by atoms with van der Waals surface area (Å²) in [5.74, 6) is 0. The molecule has 2 aliphatic rings. The Morgan fingerprint density at radius 2 is 2.07 bits per heavy atom. The predicted octanol–water partition coefficient (Wildman–Crippen LogP) is 2.34. The second-order valence-corrected chi connectivity index (χ2v) is 5.45. The monoisotopic (exact) mass is 210 g/mol. The predicted molar refractivity (Wildman–Crippen MR) is 65.1 cm³/mol. The molecular formula is C13H26N2. The lowest BCUT2D eigenvalue weighted by Crippen LogP contribution is -2.60. The number of nitrogens with zero attached hydrogens (tertiary/aromatic N) is 2. The average molecular weight is 210 g/mol. The van der Waals surface area contributed by atoms with Gasteiger partial charge in [0.25, 0.3) is 0 Å². The van der Waals surface area contributed by atoms with Crippen molar-refractivity contribution in [3.63, 3.8) is 0 Å². The lowest BCUT2D eigenvalue weighted by molar-refractivity contribution is -0.00465. The molecule has 0 amide bonds. The van der Waals surface area contributed by atoms with Gasteiger partial charge >= 0.3 is 0 Å². The molecule has 0 saturated carbocycles. The van der Waals surface area contributed by atoms with E-state index in [1.54, 1.807) is 0 Å². The maximum atomic E-state index is 2.73. The van der Waals surface area contributed by atoms with Gasteiger partial charge in [0.05, 0.1) is 0 Å². The van der Waals surface area contributed by atoms with E-state index < -0.39 is 0 Å². The first-order valence-corrected chi connectivity index (χ1v) is 6.72. The molecule has 2 heterocycles. The van der Waals surface area contributed by atoms with Crippen molar-refractivity contribution in [1.82, 2.24) is 9.80 Å². The van der Waals surface area contributed by atoms with E-state index in [1.807, 2.05) is 0 Å². The summed E-state index contributed by atoms with van der Waals surface area (Å²) in [6.45, 7) is 11.1. The van der Waals surface area contributed by atoms with Crippen LogP contribution in [0.25, 0.3) is 0 Å². The molecule has 2 fully saturated rings. The van der Waals surface area contributed by atoms with Crippen molar-refractivity contribution in [1.29, 1.82) is 0 Å². The maximum absolute atomic E-state index is 2.73. The van der Waals surface area contributed by atoms with Crippen LogP contribution in [0.1, 0.15) is 46.5 Å². The Bertz CT molecular complexity index is 205. The van der Waals surface area contributed by atoms with Crippen molar-refractivity contribution in [3.05, 3.63) is 0 Å². The molecule has 0 aliphatic carbocycles. The molecule has 2 saturated heterocycles. The molecule has 2 aliphatic heterocycles. The third-order valence-corrected chi connectivity index (χ3v) is 4.39. The summed E-state index contributed by atoms with van der Waals surface area (Å²) in [6, 6.07) is 2.39. The number of hydrogen-bond acceptors (Lipinski definition) is 2. The van der Waals surface area contributed by atoms with Gasteiger partial charge < -0.3 is 0 Å². The van der Waals surface area contributed by atoms with Gasteiger partial charge in [-0.1, -0.05) is 13.3 Å². The molecule has 2 nitrogen and oxygen atoms in total. The smallest absolute Gasteiger partial charge is 0.0224 e. The Hall–Kier alpha value is -0.0800. The minimum absolute atomic E-state index is 0.759. The van der Waals surface area contributed by atoms with E-state index in [-0.39, 0.29) is 0 Å². The lowest BCUT2D eigenvalue weighted by Gasteiger charge is -2.49. The number of rotatable bonds is 2. The lowest BCUT2D eigenvalue weighted by atomic mass is 9.96. The van der Waals surface area contributed by atoms with Gasteiger partial charge in [-0.25, -0.2) is 0 Å². The summed E-state index contributed by atoms with van der Waals surface area (Å²) in [4.78, 5) is 5.46. The summed E-state index contributed by atoms with van der Waals surface area (Å²) >= 11 is 0. The summed E-state index contributed by atoms with van der Waals surface area (Å²) in [5.41, 5.74) is 0. The number of piperidine rings is 1. The first kappa shape index (κ1) is 11.4. The number of piperazine rings is 1. The topological polar surface area (TPSA) is 6.48 Å². The van der Waals surface area contributed by atoms with Crippen molar-refractivity contribution in [2.45, 2.75) is 64.6 Å². The highest BCUT2D eigenvalue weighted by molar-refractivity contribution is 4.90. The zero-order valence-electron chi connectivity index (χ0n) is 10.6. The maximum Gasteiger partial charge on any atom is 0.0224 e. The minimum atomic E-state index is 0.759. The van der Waals surface area contributed by atoms with Gasteiger partial charge in [-0.05, 0) is 39.7 Å². The quantitative estimate of drug-likeness (QED) is 0.690. The molecular weight excluding hydrogens is 184 g/mol. The molecule has 3 unspecified atom stereocenters. The molecule has 0 bridgehead atoms. The molecule has 0 aromatic rings. The molecule has 0 N–H and O–H groups in total. The third-order valence-electron chi connectivity index (χ3n) is 4.39. The second-order valence-electron chi connectivity index (χ2n) is 5.45.